The quantitative estimate of drug-likeness (QED) is 0.831. The number of likely N-dealkylation sites (N-methyl/N-ethyl adjacent to an activating group) is 1. The fourth-order valence-corrected chi connectivity index (χ4v) is 3.11. The highest BCUT2D eigenvalue weighted by atomic mass is 14.9. The number of hydrogen-bond donors (Lipinski definition) is 1. The van der Waals surface area contributed by atoms with Gasteiger partial charge in [0.25, 0.3) is 0 Å². The second-order valence-corrected chi connectivity index (χ2v) is 5.34. The average molecular weight is 247 g/mol. The molecule has 0 spiro atoms. The van der Waals surface area contributed by atoms with E-state index in [9.17, 15) is 0 Å². The van der Waals surface area contributed by atoms with E-state index in [1.807, 2.05) is 7.05 Å². The molecule has 1 aromatic rings. The van der Waals surface area contributed by atoms with Crippen molar-refractivity contribution in [3.8, 4) is 0 Å². The molecule has 1 aromatic heterocycles. The molecule has 0 radical (unpaired) electrons. The Balaban J connectivity index is 2.32. The van der Waals surface area contributed by atoms with Gasteiger partial charge in [-0.25, -0.2) is 9.97 Å². The highest BCUT2D eigenvalue weighted by Crippen LogP contribution is 2.28. The molecule has 1 N–H and O–H groups in total. The third kappa shape index (κ3) is 2.72. The molecule has 0 fully saturated rings. The van der Waals surface area contributed by atoms with Crippen molar-refractivity contribution in [3.05, 3.63) is 23.3 Å². The second kappa shape index (κ2) is 6.28. The number of aryl methyl sites for hydroxylation is 1. The fourth-order valence-electron chi connectivity index (χ4n) is 3.11. The molecule has 0 saturated carbocycles. The van der Waals surface area contributed by atoms with E-state index in [2.05, 4.69) is 29.1 Å². The molecule has 2 atom stereocenters. The Morgan fingerprint density at radius 2 is 2.00 bits per heavy atom. The first kappa shape index (κ1) is 13.5. The fraction of sp³-hybridized carbons (Fsp3) is 0.733. The van der Waals surface area contributed by atoms with Gasteiger partial charge in [-0.2, -0.15) is 0 Å². The molecule has 3 heteroatoms. The van der Waals surface area contributed by atoms with Crippen molar-refractivity contribution >= 4 is 0 Å². The van der Waals surface area contributed by atoms with Gasteiger partial charge in [0, 0.05) is 17.7 Å². The van der Waals surface area contributed by atoms with Crippen molar-refractivity contribution in [1.82, 2.24) is 15.3 Å². The Morgan fingerprint density at radius 1 is 1.22 bits per heavy atom. The minimum atomic E-state index is 0.467. The van der Waals surface area contributed by atoms with E-state index >= 15 is 0 Å². The third-order valence-electron chi connectivity index (χ3n) is 4.25. The van der Waals surface area contributed by atoms with Gasteiger partial charge in [0.15, 0.2) is 0 Å². The Bertz CT molecular complexity index is 385. The lowest BCUT2D eigenvalue weighted by molar-refractivity contribution is 0.462. The predicted molar refractivity (Wildman–Crippen MR) is 74.8 cm³/mol. The number of hydrogen-bond acceptors (Lipinski definition) is 3. The summed E-state index contributed by atoms with van der Waals surface area (Å²) in [7, 11) is 2.05. The van der Waals surface area contributed by atoms with Gasteiger partial charge in [0.05, 0.1) is 5.69 Å². The first-order chi connectivity index (χ1) is 8.77. The zero-order valence-electron chi connectivity index (χ0n) is 11.9. The molecule has 0 amide bonds. The van der Waals surface area contributed by atoms with Crippen LogP contribution in [0.5, 0.6) is 0 Å². The van der Waals surface area contributed by atoms with Gasteiger partial charge in [-0.05, 0) is 44.7 Å². The maximum Gasteiger partial charge on any atom is 0.115 e. The van der Waals surface area contributed by atoms with Crippen molar-refractivity contribution in [2.75, 3.05) is 7.05 Å². The Morgan fingerprint density at radius 3 is 2.72 bits per heavy atom. The first-order valence-electron chi connectivity index (χ1n) is 7.27. The molecule has 2 rings (SSSR count). The van der Waals surface area contributed by atoms with Crippen LogP contribution in [-0.2, 0) is 12.8 Å². The third-order valence-corrected chi connectivity index (χ3v) is 4.25. The van der Waals surface area contributed by atoms with E-state index < -0.39 is 0 Å². The van der Waals surface area contributed by atoms with E-state index in [4.69, 9.17) is 0 Å². The molecule has 0 saturated heterocycles. The van der Waals surface area contributed by atoms with Crippen LogP contribution in [0.4, 0.5) is 0 Å². The summed E-state index contributed by atoms with van der Waals surface area (Å²) in [4.78, 5) is 9.10. The van der Waals surface area contributed by atoms with Crippen LogP contribution < -0.4 is 5.32 Å². The number of rotatable bonds is 4. The lowest BCUT2D eigenvalue weighted by atomic mass is 9.90. The summed E-state index contributed by atoms with van der Waals surface area (Å²) in [6, 6.07) is 0.507. The molecular weight excluding hydrogens is 222 g/mol. The van der Waals surface area contributed by atoms with Crippen LogP contribution in [0.2, 0.25) is 0 Å². The number of fused-ring (bicyclic) bond motifs is 1. The van der Waals surface area contributed by atoms with Gasteiger partial charge in [-0.1, -0.05) is 20.3 Å². The molecular formula is C15H25N3. The monoisotopic (exact) mass is 247 g/mol. The van der Waals surface area contributed by atoms with E-state index in [1.165, 1.54) is 36.2 Å². The molecule has 100 valence electrons. The Labute approximate surface area is 110 Å². The van der Waals surface area contributed by atoms with E-state index in [0.717, 1.165) is 19.3 Å². The van der Waals surface area contributed by atoms with Crippen molar-refractivity contribution < 1.29 is 0 Å². The lowest BCUT2D eigenvalue weighted by Gasteiger charge is -2.24. The predicted octanol–water partition coefficient (Wildman–Crippen LogP) is 2.85. The molecule has 0 bridgehead atoms. The molecule has 0 aliphatic heterocycles. The largest absolute Gasteiger partial charge is 0.316 e. The molecule has 3 nitrogen and oxygen atoms in total. The highest BCUT2D eigenvalue weighted by molar-refractivity contribution is 5.29. The van der Waals surface area contributed by atoms with Crippen molar-refractivity contribution in [1.29, 1.82) is 0 Å². The second-order valence-electron chi connectivity index (χ2n) is 5.34. The standard InChI is InChI=1S/C15H25N3/c1-4-13(16-3)11(2)15-12-8-6-5-7-9-14(12)17-10-18-15/h10-11,13,16H,4-9H2,1-3H3. The van der Waals surface area contributed by atoms with Gasteiger partial charge in [0.1, 0.15) is 6.33 Å². The zero-order chi connectivity index (χ0) is 13.0. The summed E-state index contributed by atoms with van der Waals surface area (Å²) in [5.41, 5.74) is 4.02. The topological polar surface area (TPSA) is 37.8 Å². The van der Waals surface area contributed by atoms with Crippen LogP contribution in [0.25, 0.3) is 0 Å². The minimum absolute atomic E-state index is 0.467. The summed E-state index contributed by atoms with van der Waals surface area (Å²) in [5.74, 6) is 0.467. The average Bonchev–Trinajstić information content (AvgIpc) is 2.64. The molecule has 1 heterocycles. The zero-order valence-corrected chi connectivity index (χ0v) is 11.9. The van der Waals surface area contributed by atoms with Crippen LogP contribution in [0, 0.1) is 0 Å². The molecule has 2 unspecified atom stereocenters. The van der Waals surface area contributed by atoms with Gasteiger partial charge in [-0.15, -0.1) is 0 Å². The summed E-state index contributed by atoms with van der Waals surface area (Å²) < 4.78 is 0. The van der Waals surface area contributed by atoms with E-state index in [1.54, 1.807) is 6.33 Å². The summed E-state index contributed by atoms with van der Waals surface area (Å²) in [6.45, 7) is 4.52. The molecule has 18 heavy (non-hydrogen) atoms. The lowest BCUT2D eigenvalue weighted by Crippen LogP contribution is -2.31. The first-order valence-corrected chi connectivity index (χ1v) is 7.27. The van der Waals surface area contributed by atoms with E-state index in [-0.39, 0.29) is 0 Å². The Kier molecular flexibility index (Phi) is 4.70. The molecule has 0 aromatic carbocycles. The number of aromatic nitrogens is 2. The minimum Gasteiger partial charge on any atom is -0.316 e. The summed E-state index contributed by atoms with van der Waals surface area (Å²) >= 11 is 0. The number of nitrogens with one attached hydrogen (secondary N) is 1. The van der Waals surface area contributed by atoms with E-state index in [0.29, 0.717) is 12.0 Å². The van der Waals surface area contributed by atoms with Gasteiger partial charge in [0.2, 0.25) is 0 Å². The van der Waals surface area contributed by atoms with Crippen LogP contribution in [0.15, 0.2) is 6.33 Å². The summed E-state index contributed by atoms with van der Waals surface area (Å²) in [5, 5.41) is 3.41. The van der Waals surface area contributed by atoms with Crippen molar-refractivity contribution in [2.45, 2.75) is 64.3 Å². The highest BCUT2D eigenvalue weighted by Gasteiger charge is 2.22. The van der Waals surface area contributed by atoms with Crippen LogP contribution in [-0.4, -0.2) is 23.1 Å². The van der Waals surface area contributed by atoms with Crippen LogP contribution in [0.1, 0.15) is 62.4 Å². The van der Waals surface area contributed by atoms with Gasteiger partial charge in [-0.3, -0.25) is 0 Å². The van der Waals surface area contributed by atoms with Crippen LogP contribution in [0.3, 0.4) is 0 Å². The Hall–Kier alpha value is -0.960. The van der Waals surface area contributed by atoms with Crippen LogP contribution >= 0.6 is 0 Å². The maximum atomic E-state index is 4.60. The SMILES string of the molecule is CCC(NC)C(C)c1ncnc2c1CCCCC2. The molecule has 1 aliphatic rings. The normalized spacial score (nSPS) is 18.8. The number of nitrogens with zero attached hydrogens (tertiary/aromatic N) is 2. The maximum absolute atomic E-state index is 4.60. The van der Waals surface area contributed by atoms with Gasteiger partial charge < -0.3 is 5.32 Å². The molecule has 1 aliphatic carbocycles. The van der Waals surface area contributed by atoms with Crippen molar-refractivity contribution in [2.24, 2.45) is 0 Å². The summed E-state index contributed by atoms with van der Waals surface area (Å²) in [6.07, 6.45) is 9.09. The van der Waals surface area contributed by atoms with Crippen molar-refractivity contribution in [3.63, 3.8) is 0 Å². The smallest absolute Gasteiger partial charge is 0.115 e. The van der Waals surface area contributed by atoms with Gasteiger partial charge >= 0.3 is 0 Å².